The second-order valence-corrected chi connectivity index (χ2v) is 3.32. The van der Waals surface area contributed by atoms with E-state index in [1.807, 2.05) is 0 Å². The standard InChI is InChI=1S/C11H15NO4/c1-15-6-4-9(11(13)14)8-16-10-3-2-5-12-7-10/h2-3,5,7,9H,4,6,8H2,1H3,(H,13,14). The van der Waals surface area contributed by atoms with Crippen molar-refractivity contribution in [3.05, 3.63) is 24.5 Å². The van der Waals surface area contributed by atoms with Crippen molar-refractivity contribution >= 4 is 5.97 Å². The number of aromatic nitrogens is 1. The summed E-state index contributed by atoms with van der Waals surface area (Å²) in [6.07, 6.45) is 3.62. The molecule has 0 aliphatic heterocycles. The van der Waals surface area contributed by atoms with Gasteiger partial charge in [-0.15, -0.1) is 0 Å². The zero-order valence-electron chi connectivity index (χ0n) is 9.13. The summed E-state index contributed by atoms with van der Waals surface area (Å²) in [6, 6.07) is 3.47. The van der Waals surface area contributed by atoms with Crippen LogP contribution in [0.3, 0.4) is 0 Å². The molecule has 1 aromatic heterocycles. The smallest absolute Gasteiger partial charge is 0.310 e. The molecule has 0 spiro atoms. The molecule has 1 atom stereocenters. The van der Waals surface area contributed by atoms with Crippen LogP contribution in [0.1, 0.15) is 6.42 Å². The van der Waals surface area contributed by atoms with Crippen LogP contribution in [0.25, 0.3) is 0 Å². The number of carboxylic acid groups (broad SMARTS) is 1. The van der Waals surface area contributed by atoms with E-state index in [1.54, 1.807) is 31.6 Å². The number of nitrogens with zero attached hydrogens (tertiary/aromatic N) is 1. The maximum atomic E-state index is 10.9. The van der Waals surface area contributed by atoms with E-state index in [-0.39, 0.29) is 6.61 Å². The third kappa shape index (κ3) is 4.27. The number of carbonyl (C=O) groups is 1. The predicted octanol–water partition coefficient (Wildman–Crippen LogP) is 1.20. The van der Waals surface area contributed by atoms with Crippen LogP contribution in [-0.2, 0) is 9.53 Å². The number of methoxy groups -OCH3 is 1. The van der Waals surface area contributed by atoms with Gasteiger partial charge in [-0.2, -0.15) is 0 Å². The lowest BCUT2D eigenvalue weighted by atomic mass is 10.1. The van der Waals surface area contributed by atoms with Gasteiger partial charge in [-0.25, -0.2) is 0 Å². The van der Waals surface area contributed by atoms with E-state index in [4.69, 9.17) is 14.6 Å². The molecule has 16 heavy (non-hydrogen) atoms. The first-order valence-corrected chi connectivity index (χ1v) is 4.98. The molecule has 1 heterocycles. The van der Waals surface area contributed by atoms with Gasteiger partial charge in [-0.1, -0.05) is 0 Å². The van der Waals surface area contributed by atoms with Crippen LogP contribution in [0.15, 0.2) is 24.5 Å². The van der Waals surface area contributed by atoms with Crippen LogP contribution in [0.2, 0.25) is 0 Å². The Hall–Kier alpha value is -1.62. The molecule has 88 valence electrons. The van der Waals surface area contributed by atoms with Gasteiger partial charge in [0.15, 0.2) is 0 Å². The fourth-order valence-corrected chi connectivity index (χ4v) is 1.17. The van der Waals surface area contributed by atoms with E-state index in [1.165, 1.54) is 0 Å². The Bertz CT molecular complexity index is 315. The van der Waals surface area contributed by atoms with E-state index in [2.05, 4.69) is 4.98 Å². The molecule has 1 unspecified atom stereocenters. The minimum atomic E-state index is -0.874. The number of rotatable bonds is 7. The minimum Gasteiger partial charge on any atom is -0.491 e. The van der Waals surface area contributed by atoms with E-state index < -0.39 is 11.9 Å². The number of hydrogen-bond acceptors (Lipinski definition) is 4. The molecule has 0 aliphatic carbocycles. The third-order valence-corrected chi connectivity index (χ3v) is 2.11. The first-order valence-electron chi connectivity index (χ1n) is 4.98. The molecule has 1 N–H and O–H groups in total. The fourth-order valence-electron chi connectivity index (χ4n) is 1.17. The van der Waals surface area contributed by atoms with Gasteiger partial charge in [-0.3, -0.25) is 9.78 Å². The second kappa shape index (κ2) is 6.79. The SMILES string of the molecule is COCCC(COc1cccnc1)C(=O)O. The van der Waals surface area contributed by atoms with Crippen molar-refractivity contribution in [1.29, 1.82) is 0 Å². The predicted molar refractivity (Wildman–Crippen MR) is 57.4 cm³/mol. The monoisotopic (exact) mass is 225 g/mol. The molecule has 0 aliphatic rings. The Morgan fingerprint density at radius 1 is 1.62 bits per heavy atom. The first kappa shape index (κ1) is 12.4. The van der Waals surface area contributed by atoms with Crippen molar-refractivity contribution in [3.8, 4) is 5.75 Å². The molecule has 1 aromatic rings. The van der Waals surface area contributed by atoms with Crippen LogP contribution in [0, 0.1) is 5.92 Å². The topological polar surface area (TPSA) is 68.7 Å². The van der Waals surface area contributed by atoms with Crippen LogP contribution in [0.4, 0.5) is 0 Å². The molecule has 0 amide bonds. The molecular weight excluding hydrogens is 210 g/mol. The summed E-state index contributed by atoms with van der Waals surface area (Å²) in [7, 11) is 1.54. The van der Waals surface area contributed by atoms with Crippen molar-refractivity contribution in [3.63, 3.8) is 0 Å². The van der Waals surface area contributed by atoms with Crippen molar-refractivity contribution < 1.29 is 19.4 Å². The van der Waals surface area contributed by atoms with Crippen LogP contribution in [-0.4, -0.2) is 36.4 Å². The number of pyridine rings is 1. The highest BCUT2D eigenvalue weighted by Crippen LogP contribution is 2.10. The molecule has 1 rings (SSSR count). The van der Waals surface area contributed by atoms with Crippen molar-refractivity contribution in [2.24, 2.45) is 5.92 Å². The minimum absolute atomic E-state index is 0.129. The summed E-state index contributed by atoms with van der Waals surface area (Å²) >= 11 is 0. The normalized spacial score (nSPS) is 12.1. The summed E-state index contributed by atoms with van der Waals surface area (Å²) in [5.41, 5.74) is 0. The van der Waals surface area contributed by atoms with E-state index in [0.29, 0.717) is 18.8 Å². The van der Waals surface area contributed by atoms with Gasteiger partial charge < -0.3 is 14.6 Å². The lowest BCUT2D eigenvalue weighted by Gasteiger charge is -2.12. The van der Waals surface area contributed by atoms with Gasteiger partial charge in [0, 0.05) is 19.9 Å². The summed E-state index contributed by atoms with van der Waals surface area (Å²) < 4.78 is 10.2. The van der Waals surface area contributed by atoms with E-state index in [9.17, 15) is 4.79 Å². The number of carboxylic acids is 1. The molecule has 5 heteroatoms. The second-order valence-electron chi connectivity index (χ2n) is 3.32. The Morgan fingerprint density at radius 2 is 2.44 bits per heavy atom. The van der Waals surface area contributed by atoms with Gasteiger partial charge in [0.05, 0.1) is 12.1 Å². The third-order valence-electron chi connectivity index (χ3n) is 2.11. The van der Waals surface area contributed by atoms with Gasteiger partial charge in [-0.05, 0) is 18.6 Å². The Morgan fingerprint density at radius 3 is 3.00 bits per heavy atom. The molecular formula is C11H15NO4. The van der Waals surface area contributed by atoms with Crippen molar-refractivity contribution in [2.45, 2.75) is 6.42 Å². The Balaban J connectivity index is 2.41. The Kier molecular flexibility index (Phi) is 5.28. The van der Waals surface area contributed by atoms with Crippen LogP contribution < -0.4 is 4.74 Å². The Labute approximate surface area is 94.0 Å². The number of aliphatic carboxylic acids is 1. The molecule has 0 radical (unpaired) electrons. The molecule has 0 fully saturated rings. The van der Waals surface area contributed by atoms with E-state index >= 15 is 0 Å². The zero-order chi connectivity index (χ0) is 11.8. The van der Waals surface area contributed by atoms with Gasteiger partial charge in [0.25, 0.3) is 0 Å². The van der Waals surface area contributed by atoms with Gasteiger partial charge in [0.1, 0.15) is 12.4 Å². The number of ether oxygens (including phenoxy) is 2. The molecule has 0 aromatic carbocycles. The van der Waals surface area contributed by atoms with Crippen LogP contribution in [0.5, 0.6) is 5.75 Å². The van der Waals surface area contributed by atoms with Crippen LogP contribution >= 0.6 is 0 Å². The molecule has 0 saturated heterocycles. The van der Waals surface area contributed by atoms with Crippen molar-refractivity contribution in [2.75, 3.05) is 20.3 Å². The summed E-state index contributed by atoms with van der Waals surface area (Å²) in [6.45, 7) is 0.539. The summed E-state index contributed by atoms with van der Waals surface area (Å²) in [4.78, 5) is 14.7. The lowest BCUT2D eigenvalue weighted by molar-refractivity contribution is -0.143. The molecule has 0 bridgehead atoms. The largest absolute Gasteiger partial charge is 0.491 e. The first-order chi connectivity index (χ1) is 7.74. The highest BCUT2D eigenvalue weighted by Gasteiger charge is 2.17. The summed E-state index contributed by atoms with van der Waals surface area (Å²) in [5, 5.41) is 8.93. The highest BCUT2D eigenvalue weighted by molar-refractivity contribution is 5.70. The number of hydrogen-bond donors (Lipinski definition) is 1. The highest BCUT2D eigenvalue weighted by atomic mass is 16.5. The van der Waals surface area contributed by atoms with Crippen molar-refractivity contribution in [1.82, 2.24) is 4.98 Å². The molecule has 5 nitrogen and oxygen atoms in total. The van der Waals surface area contributed by atoms with E-state index in [0.717, 1.165) is 0 Å². The zero-order valence-corrected chi connectivity index (χ0v) is 9.13. The summed E-state index contributed by atoms with van der Waals surface area (Å²) in [5.74, 6) is -0.854. The fraction of sp³-hybridized carbons (Fsp3) is 0.455. The maximum absolute atomic E-state index is 10.9. The quantitative estimate of drug-likeness (QED) is 0.755. The molecule has 0 saturated carbocycles. The van der Waals surface area contributed by atoms with Gasteiger partial charge >= 0.3 is 5.97 Å². The average molecular weight is 225 g/mol. The average Bonchev–Trinajstić information content (AvgIpc) is 2.30. The maximum Gasteiger partial charge on any atom is 0.310 e. The lowest BCUT2D eigenvalue weighted by Crippen LogP contribution is -2.23. The van der Waals surface area contributed by atoms with Gasteiger partial charge in [0.2, 0.25) is 0 Å².